The number of hydrazone groups is 1. The van der Waals surface area contributed by atoms with Gasteiger partial charge in [-0.2, -0.15) is 5.10 Å². The molecule has 0 atom stereocenters. The lowest BCUT2D eigenvalue weighted by atomic mass is 10.2. The third kappa shape index (κ3) is 3.58. The van der Waals surface area contributed by atoms with E-state index >= 15 is 0 Å². The van der Waals surface area contributed by atoms with Crippen LogP contribution in [-0.2, 0) is 0 Å². The molecular weight excluding hydrogens is 256 g/mol. The zero-order chi connectivity index (χ0) is 14.5. The highest BCUT2D eigenvalue weighted by molar-refractivity contribution is 5.95. The Bertz CT molecular complexity index is 646. The van der Waals surface area contributed by atoms with E-state index < -0.39 is 5.91 Å². The molecule has 0 radical (unpaired) electrons. The number of benzene rings is 2. The quantitative estimate of drug-likeness (QED) is 0.590. The largest absolute Gasteiger partial charge is 0.508 e. The molecule has 0 saturated heterocycles. The highest BCUT2D eigenvalue weighted by Gasteiger charge is 2.07. The summed E-state index contributed by atoms with van der Waals surface area (Å²) >= 11 is 0. The summed E-state index contributed by atoms with van der Waals surface area (Å²) < 4.78 is 0. The summed E-state index contributed by atoms with van der Waals surface area (Å²) in [6.45, 7) is 1.96. The van der Waals surface area contributed by atoms with E-state index in [2.05, 4.69) is 10.5 Å². The summed E-state index contributed by atoms with van der Waals surface area (Å²) in [4.78, 5) is 11.8. The molecule has 5 heteroatoms. The van der Waals surface area contributed by atoms with Crippen LogP contribution in [0.5, 0.6) is 11.5 Å². The van der Waals surface area contributed by atoms with Crippen LogP contribution in [0.4, 0.5) is 0 Å². The molecule has 0 aliphatic carbocycles. The number of carbonyl (C=O) groups excluding carboxylic acids is 1. The molecule has 5 nitrogen and oxygen atoms in total. The Morgan fingerprint density at radius 1 is 1.15 bits per heavy atom. The average molecular weight is 270 g/mol. The average Bonchev–Trinajstić information content (AvgIpc) is 2.37. The van der Waals surface area contributed by atoms with Gasteiger partial charge in [0.15, 0.2) is 0 Å². The topological polar surface area (TPSA) is 81.9 Å². The molecule has 0 aromatic heterocycles. The molecule has 1 amide bonds. The first-order valence-electron chi connectivity index (χ1n) is 5.98. The van der Waals surface area contributed by atoms with Gasteiger partial charge in [0, 0.05) is 11.6 Å². The second-order valence-electron chi connectivity index (χ2n) is 4.35. The number of hydrogen-bond acceptors (Lipinski definition) is 4. The smallest absolute Gasteiger partial charge is 0.271 e. The van der Waals surface area contributed by atoms with Crippen molar-refractivity contribution in [2.75, 3.05) is 0 Å². The number of aryl methyl sites for hydroxylation is 1. The van der Waals surface area contributed by atoms with E-state index in [-0.39, 0.29) is 17.1 Å². The molecule has 0 spiro atoms. The van der Waals surface area contributed by atoms with Crippen LogP contribution in [0.2, 0.25) is 0 Å². The zero-order valence-electron chi connectivity index (χ0n) is 10.9. The highest BCUT2D eigenvalue weighted by atomic mass is 16.3. The monoisotopic (exact) mass is 270 g/mol. The van der Waals surface area contributed by atoms with E-state index in [0.717, 1.165) is 17.2 Å². The number of carbonyl (C=O) groups is 1. The maximum atomic E-state index is 11.8. The Hall–Kier alpha value is -2.82. The number of nitrogens with one attached hydrogen (secondary N) is 1. The van der Waals surface area contributed by atoms with Crippen molar-refractivity contribution in [3.05, 3.63) is 59.2 Å². The normalized spacial score (nSPS) is 10.7. The number of phenols is 2. The van der Waals surface area contributed by atoms with Crippen LogP contribution in [0.15, 0.2) is 47.6 Å². The van der Waals surface area contributed by atoms with Crippen LogP contribution >= 0.6 is 0 Å². The van der Waals surface area contributed by atoms with Crippen LogP contribution in [0.1, 0.15) is 21.5 Å². The maximum Gasteiger partial charge on any atom is 0.271 e. The molecule has 0 saturated carbocycles. The summed E-state index contributed by atoms with van der Waals surface area (Å²) in [5.41, 5.74) is 4.42. The molecule has 2 aromatic rings. The van der Waals surface area contributed by atoms with Crippen LogP contribution in [0, 0.1) is 6.92 Å². The Balaban J connectivity index is 2.05. The van der Waals surface area contributed by atoms with Gasteiger partial charge in [-0.25, -0.2) is 5.43 Å². The van der Waals surface area contributed by atoms with Gasteiger partial charge in [-0.1, -0.05) is 29.8 Å². The lowest BCUT2D eigenvalue weighted by Crippen LogP contribution is -2.17. The lowest BCUT2D eigenvalue weighted by molar-refractivity contribution is 0.0954. The van der Waals surface area contributed by atoms with Gasteiger partial charge < -0.3 is 10.2 Å². The first-order valence-corrected chi connectivity index (χ1v) is 5.98. The van der Waals surface area contributed by atoms with E-state index in [4.69, 9.17) is 0 Å². The fourth-order valence-corrected chi connectivity index (χ4v) is 1.71. The van der Waals surface area contributed by atoms with Crippen LogP contribution in [0.3, 0.4) is 0 Å². The number of rotatable bonds is 3. The summed E-state index contributed by atoms with van der Waals surface area (Å²) in [6, 6.07) is 11.3. The van der Waals surface area contributed by atoms with Gasteiger partial charge in [-0.05, 0) is 24.6 Å². The van der Waals surface area contributed by atoms with Crippen molar-refractivity contribution < 1.29 is 15.0 Å². The third-order valence-electron chi connectivity index (χ3n) is 2.59. The minimum absolute atomic E-state index is 0.129. The van der Waals surface area contributed by atoms with Crippen molar-refractivity contribution in [2.45, 2.75) is 6.92 Å². The van der Waals surface area contributed by atoms with E-state index in [1.807, 2.05) is 31.2 Å². The van der Waals surface area contributed by atoms with E-state index in [9.17, 15) is 15.0 Å². The molecule has 0 bridgehead atoms. The summed E-state index contributed by atoms with van der Waals surface area (Å²) in [5, 5.41) is 22.4. The first-order chi connectivity index (χ1) is 9.54. The van der Waals surface area contributed by atoms with Crippen molar-refractivity contribution in [1.29, 1.82) is 0 Å². The number of hydrogen-bond donors (Lipinski definition) is 3. The Morgan fingerprint density at radius 3 is 2.50 bits per heavy atom. The zero-order valence-corrected chi connectivity index (χ0v) is 10.9. The number of aromatic hydroxyl groups is 2. The van der Waals surface area contributed by atoms with Crippen LogP contribution in [0.25, 0.3) is 0 Å². The van der Waals surface area contributed by atoms with E-state index in [1.54, 1.807) is 0 Å². The second kappa shape index (κ2) is 5.88. The maximum absolute atomic E-state index is 11.8. The van der Waals surface area contributed by atoms with Crippen LogP contribution < -0.4 is 5.43 Å². The summed E-state index contributed by atoms with van der Waals surface area (Å²) in [6.07, 6.45) is 1.52. The van der Waals surface area contributed by atoms with Crippen molar-refractivity contribution >= 4 is 12.1 Å². The molecule has 2 aromatic carbocycles. The molecule has 20 heavy (non-hydrogen) atoms. The molecule has 0 heterocycles. The lowest BCUT2D eigenvalue weighted by Gasteiger charge is -2.02. The molecule has 0 fully saturated rings. The molecular formula is C15H14N2O3. The Kier molecular flexibility index (Phi) is 4.00. The number of amides is 1. The van der Waals surface area contributed by atoms with Gasteiger partial charge in [0.1, 0.15) is 11.5 Å². The van der Waals surface area contributed by atoms with Crippen molar-refractivity contribution in [3.63, 3.8) is 0 Å². The van der Waals surface area contributed by atoms with Crippen molar-refractivity contribution in [1.82, 2.24) is 5.43 Å². The standard InChI is InChI=1S/C15H14N2O3/c1-10-3-2-4-11(5-10)9-16-17-15(20)12-6-13(18)8-14(19)7-12/h2-9,18-19H,1H3,(H,17,20)/b16-9-. The van der Waals surface area contributed by atoms with Gasteiger partial charge in [0.05, 0.1) is 6.21 Å². The van der Waals surface area contributed by atoms with Crippen LogP contribution in [-0.4, -0.2) is 22.3 Å². The molecule has 0 aliphatic rings. The molecule has 0 aliphatic heterocycles. The Labute approximate surface area is 116 Å². The number of nitrogens with zero attached hydrogens (tertiary/aromatic N) is 1. The predicted molar refractivity (Wildman–Crippen MR) is 76.0 cm³/mol. The number of phenolic OH excluding ortho intramolecular Hbond substituents is 2. The van der Waals surface area contributed by atoms with Crippen molar-refractivity contribution in [3.8, 4) is 11.5 Å². The first kappa shape index (κ1) is 13.6. The fourth-order valence-electron chi connectivity index (χ4n) is 1.71. The van der Waals surface area contributed by atoms with Gasteiger partial charge >= 0.3 is 0 Å². The van der Waals surface area contributed by atoms with Gasteiger partial charge in [0.25, 0.3) is 5.91 Å². The van der Waals surface area contributed by atoms with Gasteiger partial charge in [0.2, 0.25) is 0 Å². The Morgan fingerprint density at radius 2 is 1.85 bits per heavy atom. The molecule has 102 valence electrons. The molecule has 3 N–H and O–H groups in total. The van der Waals surface area contributed by atoms with Crippen molar-refractivity contribution in [2.24, 2.45) is 5.10 Å². The molecule has 0 unspecified atom stereocenters. The van der Waals surface area contributed by atoms with Gasteiger partial charge in [-0.15, -0.1) is 0 Å². The highest BCUT2D eigenvalue weighted by Crippen LogP contribution is 2.20. The SMILES string of the molecule is Cc1cccc(/C=N\NC(=O)c2cc(O)cc(O)c2)c1. The minimum atomic E-state index is -0.514. The van der Waals surface area contributed by atoms with E-state index in [0.29, 0.717) is 0 Å². The summed E-state index contributed by atoms with van der Waals surface area (Å²) in [5.74, 6) is -0.879. The minimum Gasteiger partial charge on any atom is -0.508 e. The molecule has 2 rings (SSSR count). The van der Waals surface area contributed by atoms with E-state index in [1.165, 1.54) is 18.3 Å². The van der Waals surface area contributed by atoms with Gasteiger partial charge in [-0.3, -0.25) is 4.79 Å². The third-order valence-corrected chi connectivity index (χ3v) is 2.59. The predicted octanol–water partition coefficient (Wildman–Crippen LogP) is 2.17. The summed E-state index contributed by atoms with van der Waals surface area (Å²) in [7, 11) is 0. The second-order valence-corrected chi connectivity index (χ2v) is 4.35. The fraction of sp³-hybridized carbons (Fsp3) is 0.0667.